The number of carboxylic acid groups (broad SMARTS) is 1. The Morgan fingerprint density at radius 1 is 1.10 bits per heavy atom. The van der Waals surface area contributed by atoms with E-state index in [-0.39, 0.29) is 23.8 Å². The minimum Gasteiger partial charge on any atom is -0.481 e. The molecule has 0 spiro atoms. The zero-order valence-electron chi connectivity index (χ0n) is 12.5. The number of carbonyl (C=O) groups excluding carboxylic acids is 1. The van der Waals surface area contributed by atoms with Gasteiger partial charge in [-0.05, 0) is 51.6 Å². The van der Waals surface area contributed by atoms with Gasteiger partial charge in [0.05, 0.1) is 5.92 Å². The lowest BCUT2D eigenvalue weighted by Gasteiger charge is -2.36. The number of hydrogen-bond acceptors (Lipinski definition) is 3. The van der Waals surface area contributed by atoms with Crippen molar-refractivity contribution in [2.45, 2.75) is 45.1 Å². The van der Waals surface area contributed by atoms with Crippen molar-refractivity contribution in [3.63, 3.8) is 0 Å². The van der Waals surface area contributed by atoms with Crippen LogP contribution in [0.15, 0.2) is 0 Å². The number of carboxylic acids is 1. The van der Waals surface area contributed by atoms with Crippen molar-refractivity contribution in [1.82, 2.24) is 10.2 Å². The van der Waals surface area contributed by atoms with E-state index in [9.17, 15) is 9.59 Å². The lowest BCUT2D eigenvalue weighted by Crippen LogP contribution is -2.50. The first kappa shape index (κ1) is 15.3. The maximum atomic E-state index is 12.3. The van der Waals surface area contributed by atoms with Gasteiger partial charge in [0.25, 0.3) is 0 Å². The van der Waals surface area contributed by atoms with Crippen LogP contribution in [-0.4, -0.2) is 48.1 Å². The fraction of sp³-hybridized carbons (Fsp3) is 0.867. The summed E-state index contributed by atoms with van der Waals surface area (Å²) in [4.78, 5) is 25.5. The van der Waals surface area contributed by atoms with Crippen LogP contribution in [0.1, 0.15) is 39.0 Å². The second-order valence-electron chi connectivity index (χ2n) is 6.53. The molecule has 0 aromatic rings. The van der Waals surface area contributed by atoms with E-state index < -0.39 is 5.97 Å². The molecule has 114 valence electrons. The summed E-state index contributed by atoms with van der Waals surface area (Å²) in [6.45, 7) is 4.24. The maximum Gasteiger partial charge on any atom is 0.306 e. The van der Waals surface area contributed by atoms with Crippen LogP contribution in [0.2, 0.25) is 0 Å². The number of nitrogens with one attached hydrogen (secondary N) is 1. The molecule has 20 heavy (non-hydrogen) atoms. The second kappa shape index (κ2) is 6.57. The summed E-state index contributed by atoms with van der Waals surface area (Å²) in [7, 11) is 2.11. The first-order chi connectivity index (χ1) is 9.47. The zero-order chi connectivity index (χ0) is 14.7. The predicted molar refractivity (Wildman–Crippen MR) is 76.3 cm³/mol. The lowest BCUT2D eigenvalue weighted by atomic mass is 9.81. The first-order valence-corrected chi connectivity index (χ1v) is 7.69. The Hall–Kier alpha value is -1.10. The van der Waals surface area contributed by atoms with Crippen molar-refractivity contribution in [2.24, 2.45) is 17.8 Å². The molecule has 2 rings (SSSR count). The lowest BCUT2D eigenvalue weighted by molar-refractivity contribution is -0.144. The number of amides is 1. The van der Waals surface area contributed by atoms with Crippen LogP contribution in [0.5, 0.6) is 0 Å². The fourth-order valence-electron chi connectivity index (χ4n) is 3.47. The van der Waals surface area contributed by atoms with Crippen LogP contribution < -0.4 is 5.32 Å². The molecule has 1 amide bonds. The average Bonchev–Trinajstić information content (AvgIpc) is 2.42. The number of hydrogen-bond donors (Lipinski definition) is 2. The molecule has 2 N–H and O–H groups in total. The van der Waals surface area contributed by atoms with Gasteiger partial charge in [0.15, 0.2) is 0 Å². The number of likely N-dealkylation sites (tertiary alicyclic amines) is 1. The van der Waals surface area contributed by atoms with Gasteiger partial charge >= 0.3 is 5.97 Å². The molecule has 1 heterocycles. The molecule has 2 atom stereocenters. The zero-order valence-corrected chi connectivity index (χ0v) is 12.5. The Kier molecular flexibility index (Phi) is 5.02. The molecule has 5 nitrogen and oxygen atoms in total. The van der Waals surface area contributed by atoms with Crippen molar-refractivity contribution >= 4 is 11.9 Å². The largest absolute Gasteiger partial charge is 0.481 e. The number of piperidine rings is 1. The molecule has 1 aliphatic carbocycles. The number of nitrogens with zero attached hydrogens (tertiary/aromatic N) is 1. The Labute approximate surface area is 120 Å². The van der Waals surface area contributed by atoms with Gasteiger partial charge < -0.3 is 15.3 Å². The van der Waals surface area contributed by atoms with Gasteiger partial charge in [0.1, 0.15) is 0 Å². The average molecular weight is 282 g/mol. The highest BCUT2D eigenvalue weighted by molar-refractivity contribution is 5.79. The second-order valence-corrected chi connectivity index (χ2v) is 6.53. The van der Waals surface area contributed by atoms with Gasteiger partial charge in [0, 0.05) is 18.5 Å². The normalized spacial score (nSPS) is 35.5. The van der Waals surface area contributed by atoms with Gasteiger partial charge in [-0.25, -0.2) is 0 Å². The van der Waals surface area contributed by atoms with Crippen LogP contribution in [0.4, 0.5) is 0 Å². The molecule has 2 unspecified atom stereocenters. The number of carbonyl (C=O) groups is 2. The smallest absolute Gasteiger partial charge is 0.306 e. The summed E-state index contributed by atoms with van der Waals surface area (Å²) in [5.41, 5.74) is 0. The molecule has 0 aromatic carbocycles. The van der Waals surface area contributed by atoms with Crippen molar-refractivity contribution in [2.75, 3.05) is 20.1 Å². The van der Waals surface area contributed by atoms with E-state index in [2.05, 4.69) is 24.2 Å². The summed E-state index contributed by atoms with van der Waals surface area (Å²) < 4.78 is 0. The molecular weight excluding hydrogens is 256 g/mol. The maximum absolute atomic E-state index is 12.3. The van der Waals surface area contributed by atoms with E-state index in [0.29, 0.717) is 31.6 Å². The monoisotopic (exact) mass is 282 g/mol. The molecule has 2 aliphatic rings. The highest BCUT2D eigenvalue weighted by atomic mass is 16.4. The number of aliphatic carboxylic acids is 1. The van der Waals surface area contributed by atoms with Gasteiger partial charge in [-0.2, -0.15) is 0 Å². The van der Waals surface area contributed by atoms with Crippen LogP contribution in [-0.2, 0) is 9.59 Å². The Balaban J connectivity index is 1.79. The first-order valence-electron chi connectivity index (χ1n) is 7.69. The Morgan fingerprint density at radius 2 is 1.70 bits per heavy atom. The van der Waals surface area contributed by atoms with Gasteiger partial charge in [0.2, 0.25) is 5.91 Å². The van der Waals surface area contributed by atoms with Gasteiger partial charge in [-0.3, -0.25) is 9.59 Å². The number of rotatable bonds is 3. The SMILES string of the molecule is CC1CN(C)CCC1NC(=O)C1CCC(C(=O)O)CC1. The topological polar surface area (TPSA) is 69.6 Å². The predicted octanol–water partition coefficient (Wildman–Crippen LogP) is 1.33. The van der Waals surface area contributed by atoms with Crippen LogP contribution in [0.3, 0.4) is 0 Å². The minimum atomic E-state index is -0.715. The molecular formula is C15H26N2O3. The molecule has 0 aromatic heterocycles. The summed E-state index contributed by atoms with van der Waals surface area (Å²) in [6.07, 6.45) is 3.70. The van der Waals surface area contributed by atoms with E-state index in [1.54, 1.807) is 0 Å². The fourth-order valence-corrected chi connectivity index (χ4v) is 3.47. The van der Waals surface area contributed by atoms with E-state index >= 15 is 0 Å². The molecule has 1 saturated heterocycles. The van der Waals surface area contributed by atoms with Crippen molar-refractivity contribution in [3.05, 3.63) is 0 Å². The van der Waals surface area contributed by atoms with Crippen molar-refractivity contribution in [3.8, 4) is 0 Å². The third-order valence-corrected chi connectivity index (χ3v) is 4.88. The molecule has 5 heteroatoms. The van der Waals surface area contributed by atoms with Crippen LogP contribution in [0.25, 0.3) is 0 Å². The molecule has 2 fully saturated rings. The molecule has 0 radical (unpaired) electrons. The van der Waals surface area contributed by atoms with Gasteiger partial charge in [-0.15, -0.1) is 0 Å². The summed E-state index contributed by atoms with van der Waals surface area (Å²) >= 11 is 0. The Bertz CT molecular complexity index is 364. The Morgan fingerprint density at radius 3 is 2.25 bits per heavy atom. The molecule has 0 bridgehead atoms. The van der Waals surface area contributed by atoms with E-state index in [4.69, 9.17) is 5.11 Å². The van der Waals surface area contributed by atoms with Crippen molar-refractivity contribution < 1.29 is 14.7 Å². The van der Waals surface area contributed by atoms with E-state index in [1.807, 2.05) is 0 Å². The summed E-state index contributed by atoms with van der Waals surface area (Å²) in [5.74, 6) is -0.338. The quantitative estimate of drug-likeness (QED) is 0.819. The highest BCUT2D eigenvalue weighted by Crippen LogP contribution is 2.29. The minimum absolute atomic E-state index is 0.0115. The summed E-state index contributed by atoms with van der Waals surface area (Å²) in [5, 5.41) is 12.2. The van der Waals surface area contributed by atoms with Crippen LogP contribution in [0, 0.1) is 17.8 Å². The van der Waals surface area contributed by atoms with E-state index in [0.717, 1.165) is 19.5 Å². The standard InChI is InChI=1S/C15H26N2O3/c1-10-9-17(2)8-7-13(10)16-14(18)11-3-5-12(6-4-11)15(19)20/h10-13H,3-9H2,1-2H3,(H,16,18)(H,19,20). The van der Waals surface area contributed by atoms with E-state index in [1.165, 1.54) is 0 Å². The third-order valence-electron chi connectivity index (χ3n) is 4.88. The van der Waals surface area contributed by atoms with Crippen molar-refractivity contribution in [1.29, 1.82) is 0 Å². The third kappa shape index (κ3) is 3.72. The van der Waals surface area contributed by atoms with Crippen LogP contribution >= 0.6 is 0 Å². The highest BCUT2D eigenvalue weighted by Gasteiger charge is 2.32. The van der Waals surface area contributed by atoms with Gasteiger partial charge in [-0.1, -0.05) is 6.92 Å². The summed E-state index contributed by atoms with van der Waals surface area (Å²) in [6, 6.07) is 0.274. The molecule has 1 aliphatic heterocycles. The molecule has 1 saturated carbocycles.